The number of imidazole rings is 1. The van der Waals surface area contributed by atoms with Crippen molar-refractivity contribution in [3.63, 3.8) is 0 Å². The van der Waals surface area contributed by atoms with Crippen LogP contribution in [0.5, 0.6) is 5.75 Å². The van der Waals surface area contributed by atoms with Crippen LogP contribution < -0.4 is 10.5 Å². The fourth-order valence-electron chi connectivity index (χ4n) is 3.24. The van der Waals surface area contributed by atoms with E-state index in [2.05, 4.69) is 4.98 Å². The minimum Gasteiger partial charge on any atom is -0.484 e. The van der Waals surface area contributed by atoms with Gasteiger partial charge in [-0.05, 0) is 37.6 Å². The molecule has 2 heterocycles. The summed E-state index contributed by atoms with van der Waals surface area (Å²) in [4.78, 5) is 17.2. The minimum absolute atomic E-state index is 0.348. The molecule has 0 fully saturated rings. The summed E-state index contributed by atoms with van der Waals surface area (Å²) in [5.74, 6) is -0.0190. The van der Waals surface area contributed by atoms with Crippen molar-refractivity contribution in [1.29, 1.82) is 0 Å². The highest BCUT2D eigenvalue weighted by Crippen LogP contribution is 2.36. The zero-order valence-corrected chi connectivity index (χ0v) is 18.0. The molecule has 8 heteroatoms. The lowest BCUT2D eigenvalue weighted by Crippen LogP contribution is -2.16. The molecule has 154 valence electrons. The molecular weight excluding hydrogens is 422 g/mol. The summed E-state index contributed by atoms with van der Waals surface area (Å²) < 4.78 is 13.0. The van der Waals surface area contributed by atoms with Gasteiger partial charge in [0.2, 0.25) is 0 Å². The lowest BCUT2D eigenvalue weighted by Gasteiger charge is -2.17. The maximum atomic E-state index is 12.4. The Morgan fingerprint density at radius 2 is 2.20 bits per heavy atom. The molecule has 1 aliphatic rings. The number of rotatable bonds is 5. The third-order valence-electron chi connectivity index (χ3n) is 4.73. The summed E-state index contributed by atoms with van der Waals surface area (Å²) in [6, 6.07) is 7.33. The van der Waals surface area contributed by atoms with Crippen molar-refractivity contribution in [3.8, 4) is 10.8 Å². The first-order chi connectivity index (χ1) is 14.5. The SMILES string of the molecule is COC(=O)c1sc(-n2cnc3cc(N)ccc32)cc1OC(C)C1=CCC=CC=C1Cl. The van der Waals surface area contributed by atoms with E-state index in [0.29, 0.717) is 21.3 Å². The highest BCUT2D eigenvalue weighted by atomic mass is 35.5. The quantitative estimate of drug-likeness (QED) is 0.433. The van der Waals surface area contributed by atoms with E-state index >= 15 is 0 Å². The molecule has 4 rings (SSSR count). The topological polar surface area (TPSA) is 79.4 Å². The second kappa shape index (κ2) is 8.38. The summed E-state index contributed by atoms with van der Waals surface area (Å²) in [6.07, 6.45) is 9.90. The van der Waals surface area contributed by atoms with Gasteiger partial charge in [0, 0.05) is 22.4 Å². The highest BCUT2D eigenvalue weighted by Gasteiger charge is 2.23. The number of carbonyl (C=O) groups excluding carboxylic acids is 1. The maximum absolute atomic E-state index is 12.4. The number of anilines is 1. The van der Waals surface area contributed by atoms with E-state index in [4.69, 9.17) is 26.8 Å². The van der Waals surface area contributed by atoms with Gasteiger partial charge in [0.15, 0.2) is 4.88 Å². The van der Waals surface area contributed by atoms with Gasteiger partial charge >= 0.3 is 5.97 Å². The van der Waals surface area contributed by atoms with Crippen LogP contribution in [-0.2, 0) is 4.74 Å². The summed E-state index contributed by atoms with van der Waals surface area (Å²) >= 11 is 7.67. The number of nitrogens with zero attached hydrogens (tertiary/aromatic N) is 2. The molecular formula is C22H20ClN3O3S. The van der Waals surface area contributed by atoms with Gasteiger partial charge < -0.3 is 15.2 Å². The van der Waals surface area contributed by atoms with Crippen molar-refractivity contribution in [1.82, 2.24) is 9.55 Å². The van der Waals surface area contributed by atoms with Crippen molar-refractivity contribution in [3.05, 3.63) is 70.4 Å². The molecule has 0 bridgehead atoms. The molecule has 1 unspecified atom stereocenters. The Balaban J connectivity index is 1.72. The predicted octanol–water partition coefficient (Wildman–Crippen LogP) is 5.23. The Bertz CT molecular complexity index is 1210. The number of methoxy groups -OCH3 is 1. The van der Waals surface area contributed by atoms with Crippen molar-refractivity contribution in [2.45, 2.75) is 19.4 Å². The predicted molar refractivity (Wildman–Crippen MR) is 121 cm³/mol. The monoisotopic (exact) mass is 441 g/mol. The lowest BCUT2D eigenvalue weighted by atomic mass is 10.1. The third kappa shape index (κ3) is 3.86. The first-order valence-electron chi connectivity index (χ1n) is 9.32. The van der Waals surface area contributed by atoms with Crippen molar-refractivity contribution >= 4 is 45.6 Å². The number of thiophene rings is 1. The number of ether oxygens (including phenoxy) is 2. The number of nitrogens with two attached hydrogens (primary N) is 1. The average Bonchev–Trinajstić information content (AvgIpc) is 3.26. The fraction of sp³-hybridized carbons (Fsp3) is 0.182. The van der Waals surface area contributed by atoms with Crippen molar-refractivity contribution < 1.29 is 14.3 Å². The zero-order chi connectivity index (χ0) is 21.3. The number of halogens is 1. The molecule has 2 N–H and O–H groups in total. The largest absolute Gasteiger partial charge is 0.484 e. The van der Waals surface area contributed by atoms with Gasteiger partial charge in [-0.1, -0.05) is 29.8 Å². The van der Waals surface area contributed by atoms with Gasteiger partial charge in [-0.15, -0.1) is 11.3 Å². The number of fused-ring (bicyclic) bond motifs is 1. The Morgan fingerprint density at radius 1 is 1.37 bits per heavy atom. The first-order valence-corrected chi connectivity index (χ1v) is 10.5. The Morgan fingerprint density at radius 3 is 3.00 bits per heavy atom. The molecule has 0 saturated carbocycles. The van der Waals surface area contributed by atoms with Crippen LogP contribution in [0.25, 0.3) is 16.0 Å². The zero-order valence-electron chi connectivity index (χ0n) is 16.5. The molecule has 1 aliphatic carbocycles. The number of carbonyl (C=O) groups is 1. The molecule has 6 nitrogen and oxygen atoms in total. The van der Waals surface area contributed by atoms with E-state index in [1.807, 2.05) is 54.0 Å². The fourth-order valence-corrected chi connectivity index (χ4v) is 4.54. The summed E-state index contributed by atoms with van der Waals surface area (Å²) in [7, 11) is 1.35. The number of esters is 1. The van der Waals surface area contributed by atoms with E-state index in [0.717, 1.165) is 28.0 Å². The minimum atomic E-state index is -0.458. The van der Waals surface area contributed by atoms with Crippen LogP contribution in [0.2, 0.25) is 0 Å². The summed E-state index contributed by atoms with van der Waals surface area (Å²) in [5.41, 5.74) is 9.01. The molecule has 0 saturated heterocycles. The number of hydrogen-bond donors (Lipinski definition) is 1. The highest BCUT2D eigenvalue weighted by molar-refractivity contribution is 7.16. The molecule has 0 aliphatic heterocycles. The number of allylic oxidation sites excluding steroid dienone is 4. The number of nitrogen functional groups attached to an aromatic ring is 1. The molecule has 2 aromatic heterocycles. The van der Waals surface area contributed by atoms with Crippen LogP contribution in [0.15, 0.2) is 65.5 Å². The standard InChI is InChI=1S/C22H20ClN3O3S/c1-13(15-6-4-3-5-7-16(15)23)29-19-11-20(30-21(19)22(27)28-2)26-12-25-17-10-14(24)8-9-18(17)26/h3,5-13H,4,24H2,1-2H3. The summed E-state index contributed by atoms with van der Waals surface area (Å²) in [6.45, 7) is 1.90. The van der Waals surface area contributed by atoms with E-state index in [-0.39, 0.29) is 6.10 Å². The van der Waals surface area contributed by atoms with Crippen molar-refractivity contribution in [2.75, 3.05) is 12.8 Å². The molecule has 0 spiro atoms. The average molecular weight is 442 g/mol. The normalized spacial score (nSPS) is 14.8. The van der Waals surface area contributed by atoms with Crippen LogP contribution >= 0.6 is 22.9 Å². The van der Waals surface area contributed by atoms with Gasteiger partial charge in [-0.25, -0.2) is 9.78 Å². The summed E-state index contributed by atoms with van der Waals surface area (Å²) in [5, 5.41) is 1.40. The maximum Gasteiger partial charge on any atom is 0.351 e. The van der Waals surface area contributed by atoms with E-state index in [1.165, 1.54) is 18.4 Å². The van der Waals surface area contributed by atoms with Crippen LogP contribution in [0.1, 0.15) is 23.0 Å². The van der Waals surface area contributed by atoms with Gasteiger partial charge in [-0.2, -0.15) is 0 Å². The Labute approximate surface area is 182 Å². The second-order valence-corrected chi connectivity index (χ2v) is 8.17. The number of hydrogen-bond acceptors (Lipinski definition) is 6. The van der Waals surface area contributed by atoms with Crippen LogP contribution in [0.4, 0.5) is 5.69 Å². The van der Waals surface area contributed by atoms with Gasteiger partial charge in [0.25, 0.3) is 0 Å². The van der Waals surface area contributed by atoms with Gasteiger partial charge in [0.1, 0.15) is 23.2 Å². The van der Waals surface area contributed by atoms with E-state index in [1.54, 1.807) is 12.4 Å². The van der Waals surface area contributed by atoms with Crippen LogP contribution in [0.3, 0.4) is 0 Å². The molecule has 0 amide bonds. The number of benzene rings is 1. The van der Waals surface area contributed by atoms with Gasteiger partial charge in [0.05, 0.1) is 18.1 Å². The molecule has 0 radical (unpaired) electrons. The smallest absolute Gasteiger partial charge is 0.351 e. The second-order valence-electron chi connectivity index (χ2n) is 6.73. The van der Waals surface area contributed by atoms with Crippen molar-refractivity contribution in [2.24, 2.45) is 0 Å². The Hall–Kier alpha value is -3.03. The number of aromatic nitrogens is 2. The van der Waals surface area contributed by atoms with E-state index < -0.39 is 5.97 Å². The van der Waals surface area contributed by atoms with Crippen LogP contribution in [0, 0.1) is 0 Å². The Kier molecular flexibility index (Phi) is 5.65. The van der Waals surface area contributed by atoms with E-state index in [9.17, 15) is 4.79 Å². The van der Waals surface area contributed by atoms with Gasteiger partial charge in [-0.3, -0.25) is 4.57 Å². The molecule has 3 aromatic rings. The lowest BCUT2D eigenvalue weighted by molar-refractivity contribution is 0.0601. The third-order valence-corrected chi connectivity index (χ3v) is 6.17. The molecule has 1 atom stereocenters. The van der Waals surface area contributed by atoms with Crippen LogP contribution in [-0.4, -0.2) is 28.7 Å². The first kappa shape index (κ1) is 20.3. The molecule has 30 heavy (non-hydrogen) atoms. The molecule has 1 aromatic carbocycles.